The Morgan fingerprint density at radius 1 is 1.21 bits per heavy atom. The molecular formula is C19H20Cl2N2O4S. The lowest BCUT2D eigenvalue weighted by atomic mass is 10.1. The van der Waals surface area contributed by atoms with Crippen molar-refractivity contribution in [1.29, 1.82) is 0 Å². The molecule has 1 aliphatic heterocycles. The smallest absolute Gasteiger partial charge is 0.255 e. The zero-order valence-corrected chi connectivity index (χ0v) is 17.5. The van der Waals surface area contributed by atoms with Crippen LogP contribution in [0.5, 0.6) is 0 Å². The highest BCUT2D eigenvalue weighted by molar-refractivity contribution is 7.89. The van der Waals surface area contributed by atoms with Crippen molar-refractivity contribution in [2.24, 2.45) is 0 Å². The molecular weight excluding hydrogens is 423 g/mol. The molecule has 2 aromatic rings. The van der Waals surface area contributed by atoms with Crippen LogP contribution in [0.2, 0.25) is 10.0 Å². The van der Waals surface area contributed by atoms with Crippen LogP contribution in [0.4, 0.5) is 5.69 Å². The number of carbonyl (C=O) groups is 1. The Morgan fingerprint density at radius 2 is 2.00 bits per heavy atom. The highest BCUT2D eigenvalue weighted by Crippen LogP contribution is 2.25. The van der Waals surface area contributed by atoms with Gasteiger partial charge in [-0.25, -0.2) is 13.1 Å². The SMILES string of the molecule is Cc1ccc(Cl)cc1NC(=O)c1ccc(Cl)c(S(=O)(=O)NCC2CCCO2)c1. The van der Waals surface area contributed by atoms with Crippen LogP contribution in [0.15, 0.2) is 41.3 Å². The van der Waals surface area contributed by atoms with Gasteiger partial charge in [0.2, 0.25) is 10.0 Å². The second-order valence-electron chi connectivity index (χ2n) is 6.55. The van der Waals surface area contributed by atoms with Gasteiger partial charge in [0.1, 0.15) is 4.90 Å². The highest BCUT2D eigenvalue weighted by Gasteiger charge is 2.23. The van der Waals surface area contributed by atoms with Gasteiger partial charge in [-0.05, 0) is 55.7 Å². The van der Waals surface area contributed by atoms with Gasteiger partial charge < -0.3 is 10.1 Å². The fourth-order valence-corrected chi connectivity index (χ4v) is 4.62. The number of carbonyl (C=O) groups excluding carboxylic acids is 1. The van der Waals surface area contributed by atoms with Crippen LogP contribution >= 0.6 is 23.2 Å². The van der Waals surface area contributed by atoms with E-state index in [9.17, 15) is 13.2 Å². The van der Waals surface area contributed by atoms with Crippen molar-refractivity contribution in [1.82, 2.24) is 4.72 Å². The average Bonchev–Trinajstić information content (AvgIpc) is 3.17. The molecule has 1 heterocycles. The van der Waals surface area contributed by atoms with Crippen molar-refractivity contribution < 1.29 is 17.9 Å². The number of nitrogens with one attached hydrogen (secondary N) is 2. The summed E-state index contributed by atoms with van der Waals surface area (Å²) >= 11 is 12.1. The zero-order valence-electron chi connectivity index (χ0n) is 15.2. The van der Waals surface area contributed by atoms with Crippen LogP contribution in [0.25, 0.3) is 0 Å². The third kappa shape index (κ3) is 5.04. The molecule has 3 rings (SSSR count). The molecule has 150 valence electrons. The molecule has 2 N–H and O–H groups in total. The minimum Gasteiger partial charge on any atom is -0.377 e. The minimum absolute atomic E-state index is 0.0373. The lowest BCUT2D eigenvalue weighted by Crippen LogP contribution is -2.32. The van der Waals surface area contributed by atoms with Gasteiger partial charge in [0.25, 0.3) is 5.91 Å². The summed E-state index contributed by atoms with van der Waals surface area (Å²) in [6.07, 6.45) is 1.56. The predicted octanol–water partition coefficient (Wildman–Crippen LogP) is 4.01. The van der Waals surface area contributed by atoms with E-state index in [2.05, 4.69) is 10.0 Å². The van der Waals surface area contributed by atoms with Gasteiger partial charge in [-0.1, -0.05) is 29.3 Å². The minimum atomic E-state index is -3.89. The molecule has 0 saturated carbocycles. The Labute approximate surface area is 174 Å². The predicted molar refractivity (Wildman–Crippen MR) is 110 cm³/mol. The van der Waals surface area contributed by atoms with Crippen LogP contribution in [0, 0.1) is 6.92 Å². The average molecular weight is 443 g/mol. The van der Waals surface area contributed by atoms with E-state index in [1.165, 1.54) is 18.2 Å². The molecule has 1 aliphatic rings. The Bertz CT molecular complexity index is 989. The van der Waals surface area contributed by atoms with E-state index in [1.54, 1.807) is 18.2 Å². The molecule has 6 nitrogen and oxygen atoms in total. The van der Waals surface area contributed by atoms with Gasteiger partial charge in [0.15, 0.2) is 0 Å². The maximum Gasteiger partial charge on any atom is 0.255 e. The van der Waals surface area contributed by atoms with Gasteiger partial charge in [-0.2, -0.15) is 0 Å². The molecule has 0 spiro atoms. The number of benzene rings is 2. The lowest BCUT2D eigenvalue weighted by Gasteiger charge is -2.14. The quantitative estimate of drug-likeness (QED) is 0.707. The Morgan fingerprint density at radius 3 is 2.71 bits per heavy atom. The molecule has 0 bridgehead atoms. The highest BCUT2D eigenvalue weighted by atomic mass is 35.5. The van der Waals surface area contributed by atoms with E-state index in [0.29, 0.717) is 17.3 Å². The summed E-state index contributed by atoms with van der Waals surface area (Å²) in [5.74, 6) is -0.461. The summed E-state index contributed by atoms with van der Waals surface area (Å²) in [5.41, 5.74) is 1.55. The van der Waals surface area contributed by atoms with Gasteiger partial charge >= 0.3 is 0 Å². The molecule has 1 atom stereocenters. The van der Waals surface area contributed by atoms with Gasteiger partial charge in [0.05, 0.1) is 11.1 Å². The number of amides is 1. The summed E-state index contributed by atoms with van der Waals surface area (Å²) in [6, 6.07) is 9.25. The maximum atomic E-state index is 12.6. The molecule has 0 radical (unpaired) electrons. The first-order valence-corrected chi connectivity index (χ1v) is 11.0. The van der Waals surface area contributed by atoms with Gasteiger partial charge in [0, 0.05) is 29.4 Å². The number of sulfonamides is 1. The normalized spacial score (nSPS) is 16.9. The molecule has 0 aromatic heterocycles. The third-order valence-corrected chi connectivity index (χ3v) is 6.60. The van der Waals surface area contributed by atoms with Crippen LogP contribution in [-0.4, -0.2) is 33.6 Å². The van der Waals surface area contributed by atoms with Crippen LogP contribution < -0.4 is 10.0 Å². The van der Waals surface area contributed by atoms with Crippen LogP contribution in [0.1, 0.15) is 28.8 Å². The van der Waals surface area contributed by atoms with Crippen molar-refractivity contribution >= 4 is 44.8 Å². The first-order chi connectivity index (χ1) is 13.3. The lowest BCUT2D eigenvalue weighted by molar-refractivity contribution is 0.102. The monoisotopic (exact) mass is 442 g/mol. The maximum absolute atomic E-state index is 12.6. The van der Waals surface area contributed by atoms with E-state index in [4.69, 9.17) is 27.9 Å². The van der Waals surface area contributed by atoms with Crippen molar-refractivity contribution in [3.8, 4) is 0 Å². The second-order valence-corrected chi connectivity index (χ2v) is 9.12. The Kier molecular flexibility index (Phi) is 6.62. The third-order valence-electron chi connectivity index (χ3n) is 4.46. The van der Waals surface area contributed by atoms with E-state index >= 15 is 0 Å². The van der Waals surface area contributed by atoms with E-state index in [1.807, 2.05) is 6.92 Å². The molecule has 1 saturated heterocycles. The van der Waals surface area contributed by atoms with Crippen molar-refractivity contribution in [2.45, 2.75) is 30.8 Å². The molecule has 9 heteroatoms. The van der Waals surface area contributed by atoms with Crippen molar-refractivity contribution in [3.63, 3.8) is 0 Å². The fraction of sp³-hybridized carbons (Fsp3) is 0.316. The molecule has 1 amide bonds. The number of ether oxygens (including phenoxy) is 1. The van der Waals surface area contributed by atoms with Gasteiger partial charge in [-0.15, -0.1) is 0 Å². The van der Waals surface area contributed by atoms with Crippen LogP contribution in [-0.2, 0) is 14.8 Å². The largest absolute Gasteiger partial charge is 0.377 e. The number of anilines is 1. The Balaban J connectivity index is 1.79. The first kappa shape index (κ1) is 21.1. The molecule has 0 aliphatic carbocycles. The summed E-state index contributed by atoms with van der Waals surface area (Å²) < 4.78 is 33.2. The summed E-state index contributed by atoms with van der Waals surface area (Å²) in [7, 11) is -3.89. The van der Waals surface area contributed by atoms with Gasteiger partial charge in [-0.3, -0.25) is 4.79 Å². The van der Waals surface area contributed by atoms with E-state index < -0.39 is 15.9 Å². The van der Waals surface area contributed by atoms with Crippen molar-refractivity contribution in [2.75, 3.05) is 18.5 Å². The fourth-order valence-electron chi connectivity index (χ4n) is 2.86. The summed E-state index contributed by atoms with van der Waals surface area (Å²) in [6.45, 7) is 2.63. The number of halogens is 2. The number of rotatable bonds is 6. The zero-order chi connectivity index (χ0) is 20.3. The van der Waals surface area contributed by atoms with Crippen molar-refractivity contribution in [3.05, 3.63) is 57.6 Å². The van der Waals surface area contributed by atoms with Crippen LogP contribution in [0.3, 0.4) is 0 Å². The summed E-state index contributed by atoms with van der Waals surface area (Å²) in [5, 5.41) is 3.26. The second kappa shape index (κ2) is 8.80. The molecule has 28 heavy (non-hydrogen) atoms. The number of hydrogen-bond donors (Lipinski definition) is 2. The topological polar surface area (TPSA) is 84.5 Å². The number of hydrogen-bond acceptors (Lipinski definition) is 4. The molecule has 2 aromatic carbocycles. The standard InChI is InChI=1S/C19H20Cl2N2O4S/c1-12-4-6-14(20)10-17(12)23-19(24)13-5-7-16(21)18(9-13)28(25,26)22-11-15-3-2-8-27-15/h4-7,9-10,15,22H,2-3,8,11H2,1H3,(H,23,24). The van der Waals surface area contributed by atoms with E-state index in [0.717, 1.165) is 18.4 Å². The summed E-state index contributed by atoms with van der Waals surface area (Å²) in [4.78, 5) is 12.5. The molecule has 1 unspecified atom stereocenters. The number of aryl methyl sites for hydroxylation is 1. The van der Waals surface area contributed by atoms with E-state index in [-0.39, 0.29) is 28.1 Å². The first-order valence-electron chi connectivity index (χ1n) is 8.74. The molecule has 1 fully saturated rings. The Hall–Kier alpha value is -1.64.